The van der Waals surface area contributed by atoms with Crippen molar-refractivity contribution in [3.63, 3.8) is 0 Å². The molecule has 0 spiro atoms. The Balaban J connectivity index is 2.25. The fraction of sp³-hybridized carbons (Fsp3) is 0.562. The van der Waals surface area contributed by atoms with Gasteiger partial charge in [-0.3, -0.25) is 0 Å². The lowest BCUT2D eigenvalue weighted by molar-refractivity contribution is 0.318. The first kappa shape index (κ1) is 16.5. The van der Waals surface area contributed by atoms with Gasteiger partial charge in [0.2, 0.25) is 0 Å². The highest BCUT2D eigenvalue weighted by Crippen LogP contribution is 2.08. The van der Waals surface area contributed by atoms with Gasteiger partial charge < -0.3 is 16.3 Å². The predicted molar refractivity (Wildman–Crippen MR) is 84.0 cm³/mol. The van der Waals surface area contributed by atoms with E-state index in [1.165, 1.54) is 38.5 Å². The van der Waals surface area contributed by atoms with E-state index in [-0.39, 0.29) is 5.84 Å². The summed E-state index contributed by atoms with van der Waals surface area (Å²) in [5.74, 6) is 0.168. The summed E-state index contributed by atoms with van der Waals surface area (Å²) in [5.41, 5.74) is 7.53. The topological polar surface area (TPSA) is 70.6 Å². The van der Waals surface area contributed by atoms with Crippen molar-refractivity contribution in [1.29, 1.82) is 0 Å². The molecule has 0 radical (unpaired) electrons. The summed E-state index contributed by atoms with van der Waals surface area (Å²) < 4.78 is 0. The Morgan fingerprint density at radius 1 is 1.15 bits per heavy atom. The van der Waals surface area contributed by atoms with Crippen molar-refractivity contribution in [2.24, 2.45) is 10.9 Å². The maximum absolute atomic E-state index is 8.77. The Labute approximate surface area is 122 Å². The van der Waals surface area contributed by atoms with Crippen LogP contribution in [0.2, 0.25) is 0 Å². The van der Waals surface area contributed by atoms with Gasteiger partial charge in [0.15, 0.2) is 5.84 Å². The van der Waals surface area contributed by atoms with E-state index in [1.807, 2.05) is 24.3 Å². The first-order valence-electron chi connectivity index (χ1n) is 7.56. The Morgan fingerprint density at radius 2 is 1.85 bits per heavy atom. The van der Waals surface area contributed by atoms with Crippen LogP contribution in [0.4, 0.5) is 0 Å². The molecule has 0 aliphatic rings. The number of nitrogens with zero attached hydrogens (tertiary/aromatic N) is 1. The molecular weight excluding hydrogens is 250 g/mol. The van der Waals surface area contributed by atoms with Crippen molar-refractivity contribution in [2.45, 2.75) is 52.0 Å². The van der Waals surface area contributed by atoms with Gasteiger partial charge in [0.25, 0.3) is 0 Å². The summed E-state index contributed by atoms with van der Waals surface area (Å²) in [4.78, 5) is 0. The number of amidine groups is 1. The van der Waals surface area contributed by atoms with E-state index in [1.54, 1.807) is 0 Å². The maximum atomic E-state index is 8.77. The summed E-state index contributed by atoms with van der Waals surface area (Å²) in [6.45, 7) is 4.00. The van der Waals surface area contributed by atoms with Gasteiger partial charge in [-0.25, -0.2) is 0 Å². The van der Waals surface area contributed by atoms with E-state index in [0.29, 0.717) is 0 Å². The van der Waals surface area contributed by atoms with Crippen LogP contribution in [0.3, 0.4) is 0 Å². The molecule has 0 bridgehead atoms. The third-order valence-corrected chi connectivity index (χ3v) is 3.42. The van der Waals surface area contributed by atoms with Crippen LogP contribution in [0.15, 0.2) is 29.4 Å². The average molecular weight is 277 g/mol. The third kappa shape index (κ3) is 6.06. The molecule has 1 aromatic rings. The van der Waals surface area contributed by atoms with Gasteiger partial charge in [0.1, 0.15) is 0 Å². The zero-order valence-electron chi connectivity index (χ0n) is 12.4. The molecule has 0 unspecified atom stereocenters. The minimum absolute atomic E-state index is 0.168. The molecule has 4 heteroatoms. The zero-order valence-corrected chi connectivity index (χ0v) is 12.4. The number of hydrogen-bond donors (Lipinski definition) is 3. The molecule has 0 aliphatic heterocycles. The molecule has 1 rings (SSSR count). The maximum Gasteiger partial charge on any atom is 0.170 e. The van der Waals surface area contributed by atoms with E-state index < -0.39 is 0 Å². The van der Waals surface area contributed by atoms with E-state index in [4.69, 9.17) is 10.9 Å². The SMILES string of the molecule is CCCCCCCCNCc1ccccc1/C(N)=N/O. The van der Waals surface area contributed by atoms with Crippen LogP contribution in [0.25, 0.3) is 0 Å². The molecule has 20 heavy (non-hydrogen) atoms. The number of nitrogens with one attached hydrogen (secondary N) is 1. The second-order valence-corrected chi connectivity index (χ2v) is 5.09. The van der Waals surface area contributed by atoms with Gasteiger partial charge in [-0.15, -0.1) is 0 Å². The molecule has 0 aliphatic carbocycles. The van der Waals surface area contributed by atoms with Crippen LogP contribution in [-0.4, -0.2) is 17.6 Å². The number of rotatable bonds is 10. The molecule has 0 amide bonds. The number of oxime groups is 1. The lowest BCUT2D eigenvalue weighted by atomic mass is 10.1. The molecule has 1 aromatic carbocycles. The highest BCUT2D eigenvalue weighted by molar-refractivity contribution is 5.98. The Bertz CT molecular complexity index is 404. The van der Waals surface area contributed by atoms with Gasteiger partial charge in [-0.2, -0.15) is 0 Å². The third-order valence-electron chi connectivity index (χ3n) is 3.42. The van der Waals surface area contributed by atoms with Crippen LogP contribution in [0.1, 0.15) is 56.6 Å². The highest BCUT2D eigenvalue weighted by Gasteiger charge is 2.05. The smallest absolute Gasteiger partial charge is 0.170 e. The molecule has 0 aromatic heterocycles. The number of unbranched alkanes of at least 4 members (excludes halogenated alkanes) is 5. The summed E-state index contributed by atoms with van der Waals surface area (Å²) >= 11 is 0. The molecule has 4 N–H and O–H groups in total. The van der Waals surface area contributed by atoms with Crippen molar-refractivity contribution >= 4 is 5.84 Å². The Kier molecular flexibility index (Phi) is 8.47. The number of nitrogens with two attached hydrogens (primary N) is 1. The second-order valence-electron chi connectivity index (χ2n) is 5.09. The van der Waals surface area contributed by atoms with Gasteiger partial charge in [0, 0.05) is 12.1 Å². The van der Waals surface area contributed by atoms with Crippen molar-refractivity contribution in [3.8, 4) is 0 Å². The van der Waals surface area contributed by atoms with Gasteiger partial charge in [-0.05, 0) is 18.5 Å². The van der Waals surface area contributed by atoms with E-state index in [0.717, 1.165) is 24.2 Å². The molecule has 112 valence electrons. The molecular formula is C16H27N3O. The highest BCUT2D eigenvalue weighted by atomic mass is 16.4. The Hall–Kier alpha value is -1.55. The normalized spacial score (nSPS) is 11.8. The van der Waals surface area contributed by atoms with Gasteiger partial charge >= 0.3 is 0 Å². The molecule has 4 nitrogen and oxygen atoms in total. The van der Waals surface area contributed by atoms with Crippen molar-refractivity contribution in [2.75, 3.05) is 6.54 Å². The minimum Gasteiger partial charge on any atom is -0.409 e. The number of benzene rings is 1. The van der Waals surface area contributed by atoms with Crippen molar-refractivity contribution < 1.29 is 5.21 Å². The first-order valence-corrected chi connectivity index (χ1v) is 7.56. The first-order chi connectivity index (χ1) is 9.79. The van der Waals surface area contributed by atoms with Crippen LogP contribution >= 0.6 is 0 Å². The second kappa shape index (κ2) is 10.3. The largest absolute Gasteiger partial charge is 0.409 e. The average Bonchev–Trinajstić information content (AvgIpc) is 2.49. The van der Waals surface area contributed by atoms with Crippen molar-refractivity contribution in [1.82, 2.24) is 5.32 Å². The number of hydrogen-bond acceptors (Lipinski definition) is 3. The van der Waals surface area contributed by atoms with E-state index in [9.17, 15) is 0 Å². The quantitative estimate of drug-likeness (QED) is 0.202. The van der Waals surface area contributed by atoms with Gasteiger partial charge in [-0.1, -0.05) is 68.4 Å². The molecule has 0 fully saturated rings. The Morgan fingerprint density at radius 3 is 2.60 bits per heavy atom. The lowest BCUT2D eigenvalue weighted by Crippen LogP contribution is -2.20. The van der Waals surface area contributed by atoms with Crippen LogP contribution in [0.5, 0.6) is 0 Å². The summed E-state index contributed by atoms with van der Waals surface area (Å²) in [7, 11) is 0. The molecule has 0 saturated carbocycles. The van der Waals surface area contributed by atoms with Crippen LogP contribution in [-0.2, 0) is 6.54 Å². The molecule has 0 atom stereocenters. The molecule has 0 heterocycles. The minimum atomic E-state index is 0.168. The summed E-state index contributed by atoms with van der Waals surface area (Å²) in [6.07, 6.45) is 7.81. The fourth-order valence-electron chi connectivity index (χ4n) is 2.23. The predicted octanol–water partition coefficient (Wildman–Crippen LogP) is 3.23. The standard InChI is InChI=1S/C16H27N3O/c1-2-3-4-5-6-9-12-18-13-14-10-7-8-11-15(14)16(17)19-20/h7-8,10-11,18,20H,2-6,9,12-13H2,1H3,(H2,17,19). The van der Waals surface area contributed by atoms with Crippen LogP contribution < -0.4 is 11.1 Å². The van der Waals surface area contributed by atoms with E-state index in [2.05, 4.69) is 17.4 Å². The fourth-order valence-corrected chi connectivity index (χ4v) is 2.23. The summed E-state index contributed by atoms with van der Waals surface area (Å²) in [6, 6.07) is 7.74. The van der Waals surface area contributed by atoms with Gasteiger partial charge in [0.05, 0.1) is 0 Å². The lowest BCUT2D eigenvalue weighted by Gasteiger charge is -2.09. The molecule has 0 saturated heterocycles. The van der Waals surface area contributed by atoms with Crippen molar-refractivity contribution in [3.05, 3.63) is 35.4 Å². The van der Waals surface area contributed by atoms with E-state index >= 15 is 0 Å². The summed E-state index contributed by atoms with van der Waals surface area (Å²) in [5, 5.41) is 15.3. The van der Waals surface area contributed by atoms with Crippen LogP contribution in [0, 0.1) is 0 Å². The zero-order chi connectivity index (χ0) is 14.6. The monoisotopic (exact) mass is 277 g/mol.